The van der Waals surface area contributed by atoms with E-state index in [1.54, 1.807) is 6.07 Å². The number of phenols is 1. The molecule has 0 fully saturated rings. The average molecular weight is 161 g/mol. The molecule has 3 nitrogen and oxygen atoms in total. The van der Waals surface area contributed by atoms with Gasteiger partial charge in [0.25, 0.3) is 0 Å². The number of benzene rings is 1. The van der Waals surface area contributed by atoms with E-state index >= 15 is 0 Å². The molecular weight excluding hydrogens is 154 g/mol. The molecular formula is C9H7NO2. The van der Waals surface area contributed by atoms with Crippen LogP contribution in [0.2, 0.25) is 0 Å². The summed E-state index contributed by atoms with van der Waals surface area (Å²) < 4.78 is 0. The molecule has 0 bridgehead atoms. The zero-order valence-electron chi connectivity index (χ0n) is 6.53. The number of phenolic OH excluding ortho intramolecular Hbond substituents is 1. The van der Waals surface area contributed by atoms with Gasteiger partial charge in [0, 0.05) is 5.56 Å². The predicted octanol–water partition coefficient (Wildman–Crippen LogP) is 1.47. The van der Waals surface area contributed by atoms with E-state index in [0.29, 0.717) is 0 Å². The monoisotopic (exact) mass is 161 g/mol. The average Bonchev–Trinajstić information content (AvgIpc) is 2.03. The van der Waals surface area contributed by atoms with Gasteiger partial charge in [0.1, 0.15) is 17.4 Å². The number of carbonyl (C=O) groups excluding carboxylic acids is 1. The summed E-state index contributed by atoms with van der Waals surface area (Å²) in [6, 6.07) is 6.20. The molecule has 0 radical (unpaired) electrons. The summed E-state index contributed by atoms with van der Waals surface area (Å²) in [6.07, 6.45) is 0. The summed E-state index contributed by atoms with van der Waals surface area (Å²) >= 11 is 0. The molecule has 0 spiro atoms. The number of hydrogen-bond acceptors (Lipinski definition) is 3. The molecule has 12 heavy (non-hydrogen) atoms. The van der Waals surface area contributed by atoms with Crippen molar-refractivity contribution in [1.29, 1.82) is 5.26 Å². The lowest BCUT2D eigenvalue weighted by atomic mass is 10.0. The first-order valence-electron chi connectivity index (χ1n) is 3.40. The predicted molar refractivity (Wildman–Crippen MR) is 42.8 cm³/mol. The van der Waals surface area contributed by atoms with E-state index in [0.717, 1.165) is 0 Å². The standard InChI is InChI=1S/C9H7NO2/c1-6(11)7-3-2-4-9(12)8(7)5-10/h2-4,12H,1H3. The van der Waals surface area contributed by atoms with Gasteiger partial charge in [-0.25, -0.2) is 0 Å². The summed E-state index contributed by atoms with van der Waals surface area (Å²) in [4.78, 5) is 10.9. The fraction of sp³-hybridized carbons (Fsp3) is 0.111. The zero-order chi connectivity index (χ0) is 9.14. The Hall–Kier alpha value is -1.82. The van der Waals surface area contributed by atoms with Gasteiger partial charge < -0.3 is 5.11 Å². The molecule has 0 atom stereocenters. The molecule has 0 heterocycles. The lowest BCUT2D eigenvalue weighted by Gasteiger charge is -1.99. The van der Waals surface area contributed by atoms with Crippen molar-refractivity contribution in [3.8, 4) is 11.8 Å². The van der Waals surface area contributed by atoms with Crippen LogP contribution in [0.25, 0.3) is 0 Å². The van der Waals surface area contributed by atoms with Crippen molar-refractivity contribution in [3.63, 3.8) is 0 Å². The van der Waals surface area contributed by atoms with Crippen LogP contribution >= 0.6 is 0 Å². The maximum atomic E-state index is 10.9. The summed E-state index contributed by atoms with van der Waals surface area (Å²) in [6.45, 7) is 1.36. The SMILES string of the molecule is CC(=O)c1cccc(O)c1C#N. The molecule has 0 aliphatic rings. The van der Waals surface area contributed by atoms with Crippen LogP contribution in [0.15, 0.2) is 18.2 Å². The summed E-state index contributed by atoms with van der Waals surface area (Å²) in [5.74, 6) is -0.368. The van der Waals surface area contributed by atoms with Crippen LogP contribution in [0.3, 0.4) is 0 Å². The van der Waals surface area contributed by atoms with Crippen LogP contribution in [0, 0.1) is 11.3 Å². The number of ketones is 1. The molecule has 1 rings (SSSR count). The minimum Gasteiger partial charge on any atom is -0.507 e. The van der Waals surface area contributed by atoms with Gasteiger partial charge in [-0.1, -0.05) is 6.07 Å². The lowest BCUT2D eigenvalue weighted by Crippen LogP contribution is -1.95. The van der Waals surface area contributed by atoms with Gasteiger partial charge in [-0.05, 0) is 19.1 Å². The molecule has 0 saturated heterocycles. The number of nitriles is 1. The summed E-state index contributed by atoms with van der Waals surface area (Å²) in [5.41, 5.74) is 0.308. The fourth-order valence-corrected chi connectivity index (χ4v) is 0.951. The third-order valence-electron chi connectivity index (χ3n) is 1.53. The second-order valence-electron chi connectivity index (χ2n) is 2.37. The molecule has 0 aliphatic heterocycles. The lowest BCUT2D eigenvalue weighted by molar-refractivity contribution is 0.101. The maximum Gasteiger partial charge on any atom is 0.161 e. The van der Waals surface area contributed by atoms with E-state index in [9.17, 15) is 4.79 Å². The third-order valence-corrected chi connectivity index (χ3v) is 1.53. The van der Waals surface area contributed by atoms with Crippen LogP contribution in [0.4, 0.5) is 0 Å². The highest BCUT2D eigenvalue weighted by Gasteiger charge is 2.09. The van der Waals surface area contributed by atoms with E-state index in [2.05, 4.69) is 0 Å². The minimum absolute atomic E-state index is 0.0463. The molecule has 0 unspecified atom stereocenters. The van der Waals surface area contributed by atoms with E-state index in [4.69, 9.17) is 10.4 Å². The number of rotatable bonds is 1. The van der Waals surface area contributed by atoms with Gasteiger partial charge in [-0.15, -0.1) is 0 Å². The van der Waals surface area contributed by atoms with Gasteiger partial charge in [-0.3, -0.25) is 4.79 Å². The van der Waals surface area contributed by atoms with Gasteiger partial charge in [0.2, 0.25) is 0 Å². The molecule has 3 heteroatoms. The van der Waals surface area contributed by atoms with Crippen molar-refractivity contribution >= 4 is 5.78 Å². The van der Waals surface area contributed by atoms with E-state index in [-0.39, 0.29) is 22.7 Å². The van der Waals surface area contributed by atoms with Crippen LogP contribution in [-0.4, -0.2) is 10.9 Å². The molecule has 0 saturated carbocycles. The van der Waals surface area contributed by atoms with E-state index in [1.165, 1.54) is 25.1 Å². The molecule has 0 aliphatic carbocycles. The Morgan fingerprint density at radius 2 is 2.25 bits per heavy atom. The number of Topliss-reactive ketones (excluding diaryl/α,β-unsaturated/α-hetero) is 1. The first kappa shape index (κ1) is 8.28. The van der Waals surface area contributed by atoms with Crippen molar-refractivity contribution < 1.29 is 9.90 Å². The Bertz CT molecular complexity index is 363. The molecule has 1 N–H and O–H groups in total. The fourth-order valence-electron chi connectivity index (χ4n) is 0.951. The number of aromatic hydroxyl groups is 1. The van der Waals surface area contributed by atoms with E-state index < -0.39 is 0 Å². The maximum absolute atomic E-state index is 10.9. The normalized spacial score (nSPS) is 9.00. The number of carbonyl (C=O) groups is 1. The van der Waals surface area contributed by atoms with Crippen LogP contribution in [-0.2, 0) is 0 Å². The number of nitrogens with zero attached hydrogens (tertiary/aromatic N) is 1. The Morgan fingerprint density at radius 3 is 2.67 bits per heavy atom. The molecule has 0 amide bonds. The number of hydrogen-bond donors (Lipinski definition) is 1. The van der Waals surface area contributed by atoms with Gasteiger partial charge in [-0.2, -0.15) is 5.26 Å². The van der Waals surface area contributed by atoms with Crippen LogP contribution in [0.5, 0.6) is 5.75 Å². The smallest absolute Gasteiger partial charge is 0.161 e. The van der Waals surface area contributed by atoms with Gasteiger partial charge in [0.05, 0.1) is 0 Å². The summed E-state index contributed by atoms with van der Waals surface area (Å²) in [7, 11) is 0. The first-order valence-corrected chi connectivity index (χ1v) is 3.40. The Balaban J connectivity index is 3.40. The highest BCUT2D eigenvalue weighted by molar-refractivity contribution is 5.97. The van der Waals surface area contributed by atoms with Crippen molar-refractivity contribution in [2.75, 3.05) is 0 Å². The Kier molecular flexibility index (Phi) is 2.11. The highest BCUT2D eigenvalue weighted by atomic mass is 16.3. The Morgan fingerprint density at radius 1 is 1.58 bits per heavy atom. The topological polar surface area (TPSA) is 61.1 Å². The largest absolute Gasteiger partial charge is 0.507 e. The molecule has 0 aromatic heterocycles. The second-order valence-corrected chi connectivity index (χ2v) is 2.37. The minimum atomic E-state index is -0.220. The van der Waals surface area contributed by atoms with Crippen molar-refractivity contribution in [1.82, 2.24) is 0 Å². The van der Waals surface area contributed by atoms with Crippen molar-refractivity contribution in [2.24, 2.45) is 0 Å². The quantitative estimate of drug-likeness (QED) is 0.634. The molecule has 1 aromatic rings. The summed E-state index contributed by atoms with van der Waals surface area (Å²) in [5, 5.41) is 17.8. The van der Waals surface area contributed by atoms with E-state index in [1.807, 2.05) is 0 Å². The highest BCUT2D eigenvalue weighted by Crippen LogP contribution is 2.19. The second kappa shape index (κ2) is 3.05. The van der Waals surface area contributed by atoms with Crippen molar-refractivity contribution in [2.45, 2.75) is 6.92 Å². The Labute approximate surface area is 69.9 Å². The molecule has 60 valence electrons. The zero-order valence-corrected chi connectivity index (χ0v) is 6.53. The first-order chi connectivity index (χ1) is 5.66. The van der Waals surface area contributed by atoms with Gasteiger partial charge in [0.15, 0.2) is 5.78 Å². The van der Waals surface area contributed by atoms with Crippen LogP contribution in [0.1, 0.15) is 22.8 Å². The third kappa shape index (κ3) is 1.28. The van der Waals surface area contributed by atoms with Crippen LogP contribution < -0.4 is 0 Å². The molecule has 1 aromatic carbocycles. The van der Waals surface area contributed by atoms with Crippen molar-refractivity contribution in [3.05, 3.63) is 29.3 Å². The van der Waals surface area contributed by atoms with Gasteiger partial charge >= 0.3 is 0 Å².